The van der Waals surface area contributed by atoms with Gasteiger partial charge in [0, 0.05) is 65.3 Å². The fourth-order valence-corrected chi connectivity index (χ4v) is 4.25. The minimum Gasteiger partial charge on any atom is -0.360 e. The molecule has 5 aromatic rings. The number of H-pyrrole nitrogens is 1. The summed E-state index contributed by atoms with van der Waals surface area (Å²) in [6.07, 6.45) is 5.50. The van der Waals surface area contributed by atoms with Crippen molar-refractivity contribution in [1.29, 1.82) is 0 Å². The molecule has 0 spiro atoms. The average Bonchev–Trinajstić information content (AvgIpc) is 3.24. The molecule has 0 aliphatic rings. The minimum absolute atomic E-state index is 0.0335. The lowest BCUT2D eigenvalue weighted by Crippen LogP contribution is -2.23. The van der Waals surface area contributed by atoms with Crippen LogP contribution in [0, 0.1) is 5.82 Å². The SMILES string of the molecule is O=C(NCc1cc2c(Cl)c[nH]c2cc1F)c1ccnc(Cc2ccc(Cn3ccccc3=O)cc2)c1. The zero-order valence-electron chi connectivity index (χ0n) is 19.2. The quantitative estimate of drug-likeness (QED) is 0.327. The number of rotatable bonds is 7. The monoisotopic (exact) mass is 500 g/mol. The van der Waals surface area contributed by atoms with Crippen molar-refractivity contribution in [3.8, 4) is 0 Å². The van der Waals surface area contributed by atoms with Gasteiger partial charge in [-0.25, -0.2) is 4.39 Å². The summed E-state index contributed by atoms with van der Waals surface area (Å²) in [7, 11) is 0. The van der Waals surface area contributed by atoms with E-state index in [0.29, 0.717) is 40.0 Å². The van der Waals surface area contributed by atoms with Crippen LogP contribution < -0.4 is 10.9 Å². The van der Waals surface area contributed by atoms with Crippen LogP contribution in [0.4, 0.5) is 4.39 Å². The average molecular weight is 501 g/mol. The Morgan fingerprint density at radius 2 is 1.86 bits per heavy atom. The number of pyridine rings is 2. The second-order valence-electron chi connectivity index (χ2n) is 8.50. The lowest BCUT2D eigenvalue weighted by molar-refractivity contribution is 0.0950. The molecule has 0 unspecified atom stereocenters. The summed E-state index contributed by atoms with van der Waals surface area (Å²) in [5.41, 5.74) is 4.14. The van der Waals surface area contributed by atoms with Crippen molar-refractivity contribution in [1.82, 2.24) is 19.9 Å². The van der Waals surface area contributed by atoms with E-state index in [2.05, 4.69) is 15.3 Å². The summed E-state index contributed by atoms with van der Waals surface area (Å²) >= 11 is 6.13. The fraction of sp³-hybridized carbons (Fsp3) is 0.107. The molecular weight excluding hydrogens is 479 g/mol. The van der Waals surface area contributed by atoms with Crippen LogP contribution in [0.2, 0.25) is 5.02 Å². The Morgan fingerprint density at radius 3 is 2.67 bits per heavy atom. The van der Waals surface area contributed by atoms with Crippen LogP contribution in [0.25, 0.3) is 10.9 Å². The van der Waals surface area contributed by atoms with E-state index in [1.54, 1.807) is 47.4 Å². The van der Waals surface area contributed by atoms with Crippen molar-refractivity contribution in [2.75, 3.05) is 0 Å². The number of aromatic nitrogens is 3. The third-order valence-electron chi connectivity index (χ3n) is 5.98. The summed E-state index contributed by atoms with van der Waals surface area (Å²) in [6.45, 7) is 0.531. The van der Waals surface area contributed by atoms with Crippen LogP contribution in [-0.2, 0) is 19.5 Å². The first-order chi connectivity index (χ1) is 17.5. The number of nitrogens with zero attached hydrogens (tertiary/aromatic N) is 2. The van der Waals surface area contributed by atoms with E-state index in [-0.39, 0.29) is 18.0 Å². The van der Waals surface area contributed by atoms with Gasteiger partial charge in [-0.05, 0) is 41.5 Å². The van der Waals surface area contributed by atoms with Crippen LogP contribution >= 0.6 is 11.6 Å². The molecule has 0 radical (unpaired) electrons. The first-order valence-corrected chi connectivity index (χ1v) is 11.8. The van der Waals surface area contributed by atoms with Crippen LogP contribution in [0.3, 0.4) is 0 Å². The normalized spacial score (nSPS) is 11.1. The highest BCUT2D eigenvalue weighted by atomic mass is 35.5. The number of carbonyl (C=O) groups is 1. The Labute approximate surface area is 211 Å². The van der Waals surface area contributed by atoms with Crippen LogP contribution in [0.1, 0.15) is 32.7 Å². The van der Waals surface area contributed by atoms with Gasteiger partial charge in [0.15, 0.2) is 0 Å². The van der Waals surface area contributed by atoms with Crippen LogP contribution in [0.5, 0.6) is 0 Å². The third kappa shape index (κ3) is 5.21. The summed E-state index contributed by atoms with van der Waals surface area (Å²) in [6, 6.07) is 19.4. The second kappa shape index (κ2) is 10.2. The van der Waals surface area contributed by atoms with Crippen molar-refractivity contribution < 1.29 is 9.18 Å². The third-order valence-corrected chi connectivity index (χ3v) is 6.29. The highest BCUT2D eigenvalue weighted by Gasteiger charge is 2.12. The maximum Gasteiger partial charge on any atom is 0.251 e. The summed E-state index contributed by atoms with van der Waals surface area (Å²) < 4.78 is 16.1. The van der Waals surface area contributed by atoms with Gasteiger partial charge in [0.2, 0.25) is 0 Å². The Hall–Kier alpha value is -4.23. The van der Waals surface area contributed by atoms with Gasteiger partial charge >= 0.3 is 0 Å². The van der Waals surface area contributed by atoms with E-state index in [4.69, 9.17) is 11.6 Å². The number of hydrogen-bond acceptors (Lipinski definition) is 3. The van der Waals surface area contributed by atoms with E-state index in [1.807, 2.05) is 30.3 Å². The number of aromatic amines is 1. The standard InChI is InChI=1S/C28H22ClFN4O2/c29-24-16-32-26-14-25(30)21(13-23(24)26)15-33-28(36)20-8-9-31-22(12-20)11-18-4-6-19(7-5-18)17-34-10-2-1-3-27(34)35/h1-10,12-14,16,32H,11,15,17H2,(H,33,36). The number of benzene rings is 2. The topological polar surface area (TPSA) is 79.8 Å². The molecule has 3 aromatic heterocycles. The molecule has 0 atom stereocenters. The highest BCUT2D eigenvalue weighted by Crippen LogP contribution is 2.25. The van der Waals surface area contributed by atoms with Crippen LogP contribution in [0.15, 0.2) is 90.1 Å². The van der Waals surface area contributed by atoms with Gasteiger partial charge in [0.1, 0.15) is 5.82 Å². The number of fused-ring (bicyclic) bond motifs is 1. The molecule has 0 saturated heterocycles. The fourth-order valence-electron chi connectivity index (χ4n) is 4.04. The van der Waals surface area contributed by atoms with Crippen molar-refractivity contribution in [3.63, 3.8) is 0 Å². The van der Waals surface area contributed by atoms with Crippen molar-refractivity contribution in [2.24, 2.45) is 0 Å². The van der Waals surface area contributed by atoms with Crippen LogP contribution in [-0.4, -0.2) is 20.4 Å². The molecular formula is C28H22ClFN4O2. The molecule has 0 fully saturated rings. The second-order valence-corrected chi connectivity index (χ2v) is 8.91. The molecule has 2 aromatic carbocycles. The Balaban J connectivity index is 1.23. The van der Waals surface area contributed by atoms with Gasteiger partial charge in [-0.2, -0.15) is 0 Å². The smallest absolute Gasteiger partial charge is 0.251 e. The number of hydrogen-bond donors (Lipinski definition) is 2. The van der Waals surface area contributed by atoms with Gasteiger partial charge in [-0.1, -0.05) is 41.9 Å². The predicted molar refractivity (Wildman–Crippen MR) is 138 cm³/mol. The van der Waals surface area contributed by atoms with Crippen molar-refractivity contribution >= 4 is 28.4 Å². The maximum absolute atomic E-state index is 14.4. The molecule has 1 amide bonds. The number of nitrogens with one attached hydrogen (secondary N) is 2. The van der Waals surface area contributed by atoms with Gasteiger partial charge in [-0.15, -0.1) is 0 Å². The van der Waals surface area contributed by atoms with Gasteiger partial charge in [0.25, 0.3) is 11.5 Å². The molecule has 6 nitrogen and oxygen atoms in total. The molecule has 0 saturated carbocycles. The van der Waals surface area contributed by atoms with Crippen molar-refractivity contribution in [2.45, 2.75) is 19.5 Å². The number of amides is 1. The zero-order valence-corrected chi connectivity index (χ0v) is 19.9. The molecule has 180 valence electrons. The number of carbonyl (C=O) groups excluding carboxylic acids is 1. The molecule has 5 rings (SSSR count). The van der Waals surface area contributed by atoms with Crippen molar-refractivity contribution in [3.05, 3.63) is 134 Å². The highest BCUT2D eigenvalue weighted by molar-refractivity contribution is 6.35. The minimum atomic E-state index is -0.419. The van der Waals surface area contributed by atoms with Gasteiger partial charge in [0.05, 0.1) is 11.6 Å². The van der Waals surface area contributed by atoms with E-state index in [1.165, 1.54) is 12.1 Å². The van der Waals surface area contributed by atoms with Gasteiger partial charge < -0.3 is 14.9 Å². The molecule has 8 heteroatoms. The molecule has 2 N–H and O–H groups in total. The lowest BCUT2D eigenvalue weighted by Gasteiger charge is -2.09. The zero-order chi connectivity index (χ0) is 25.1. The predicted octanol–water partition coefficient (Wildman–Crippen LogP) is 5.09. The van der Waals surface area contributed by atoms with E-state index in [0.717, 1.165) is 16.8 Å². The molecule has 36 heavy (non-hydrogen) atoms. The van der Waals surface area contributed by atoms with E-state index in [9.17, 15) is 14.0 Å². The lowest BCUT2D eigenvalue weighted by atomic mass is 10.1. The van der Waals surface area contributed by atoms with Gasteiger partial charge in [-0.3, -0.25) is 14.6 Å². The summed E-state index contributed by atoms with van der Waals surface area (Å²) in [5.74, 6) is -0.737. The Bertz CT molecular complexity index is 1610. The van der Waals surface area contributed by atoms with E-state index >= 15 is 0 Å². The summed E-state index contributed by atoms with van der Waals surface area (Å²) in [4.78, 5) is 31.9. The molecule has 0 bridgehead atoms. The first-order valence-electron chi connectivity index (χ1n) is 11.4. The first kappa shape index (κ1) is 23.5. The van der Waals surface area contributed by atoms with E-state index < -0.39 is 5.82 Å². The summed E-state index contributed by atoms with van der Waals surface area (Å²) in [5, 5.41) is 3.97. The maximum atomic E-state index is 14.4. The molecule has 3 heterocycles. The molecule has 0 aliphatic heterocycles. The number of halogens is 2. The Morgan fingerprint density at radius 1 is 1.06 bits per heavy atom. The Kier molecular flexibility index (Phi) is 6.64. The molecule has 0 aliphatic carbocycles. The largest absolute Gasteiger partial charge is 0.360 e.